The Morgan fingerprint density at radius 3 is 2.70 bits per heavy atom. The lowest BCUT2D eigenvalue weighted by Crippen LogP contribution is -2.45. The van der Waals surface area contributed by atoms with Gasteiger partial charge >= 0.3 is 0 Å². The minimum atomic E-state index is 0.114. The van der Waals surface area contributed by atoms with Gasteiger partial charge in [-0.15, -0.1) is 0 Å². The Labute approximate surface area is 140 Å². The van der Waals surface area contributed by atoms with E-state index in [0.717, 1.165) is 18.1 Å². The highest BCUT2D eigenvalue weighted by Gasteiger charge is 2.46. The first-order valence-corrected chi connectivity index (χ1v) is 9.49. The number of hydrogen-bond donors (Lipinski definition) is 1. The van der Waals surface area contributed by atoms with Gasteiger partial charge in [-0.1, -0.05) is 32.3 Å². The zero-order valence-corrected chi connectivity index (χ0v) is 14.6. The summed E-state index contributed by atoms with van der Waals surface area (Å²) in [6, 6.07) is 4.80. The zero-order valence-electron chi connectivity index (χ0n) is 14.6. The van der Waals surface area contributed by atoms with E-state index in [1.165, 1.54) is 56.1 Å². The fourth-order valence-corrected chi connectivity index (χ4v) is 5.43. The van der Waals surface area contributed by atoms with Gasteiger partial charge in [0.1, 0.15) is 5.75 Å². The van der Waals surface area contributed by atoms with E-state index in [1.54, 1.807) is 5.56 Å². The van der Waals surface area contributed by atoms with Gasteiger partial charge in [0.2, 0.25) is 0 Å². The van der Waals surface area contributed by atoms with Gasteiger partial charge in [0.15, 0.2) is 0 Å². The molecule has 4 rings (SSSR count). The van der Waals surface area contributed by atoms with Crippen molar-refractivity contribution in [1.82, 2.24) is 0 Å². The largest absolute Gasteiger partial charge is 0.496 e. The lowest BCUT2D eigenvalue weighted by atomic mass is 9.56. The molecule has 2 fully saturated rings. The van der Waals surface area contributed by atoms with E-state index in [1.807, 2.05) is 7.11 Å². The molecule has 2 bridgehead atoms. The van der Waals surface area contributed by atoms with Crippen LogP contribution in [0.25, 0.3) is 0 Å². The molecule has 3 atom stereocenters. The Bertz CT molecular complexity index is 590. The normalized spacial score (nSPS) is 33.5. The summed E-state index contributed by atoms with van der Waals surface area (Å²) >= 11 is 0. The van der Waals surface area contributed by atoms with Gasteiger partial charge < -0.3 is 9.84 Å². The van der Waals surface area contributed by atoms with Crippen LogP contribution < -0.4 is 4.74 Å². The molecule has 23 heavy (non-hydrogen) atoms. The van der Waals surface area contributed by atoms with Gasteiger partial charge in [-0.25, -0.2) is 0 Å². The van der Waals surface area contributed by atoms with Crippen molar-refractivity contribution in [3.8, 4) is 5.75 Å². The first-order chi connectivity index (χ1) is 11.2. The van der Waals surface area contributed by atoms with Crippen molar-refractivity contribution in [3.05, 3.63) is 28.8 Å². The van der Waals surface area contributed by atoms with Crippen LogP contribution in [-0.2, 0) is 11.8 Å². The van der Waals surface area contributed by atoms with Crippen molar-refractivity contribution in [2.24, 2.45) is 11.8 Å². The monoisotopic (exact) mass is 314 g/mol. The average molecular weight is 314 g/mol. The molecule has 0 spiro atoms. The van der Waals surface area contributed by atoms with E-state index >= 15 is 0 Å². The molecule has 3 aliphatic carbocycles. The van der Waals surface area contributed by atoms with Crippen LogP contribution in [-0.4, -0.2) is 18.8 Å². The summed E-state index contributed by atoms with van der Waals surface area (Å²) in [4.78, 5) is 0. The molecule has 3 unspecified atom stereocenters. The van der Waals surface area contributed by atoms with Crippen LogP contribution in [0.4, 0.5) is 0 Å². The van der Waals surface area contributed by atoms with Crippen LogP contribution in [0.5, 0.6) is 5.75 Å². The highest BCUT2D eigenvalue weighted by molar-refractivity contribution is 5.50. The molecular weight excluding hydrogens is 284 g/mol. The third-order valence-corrected chi connectivity index (χ3v) is 6.93. The van der Waals surface area contributed by atoms with Gasteiger partial charge in [0.25, 0.3) is 0 Å². The predicted octanol–water partition coefficient (Wildman–Crippen LogP) is 4.58. The van der Waals surface area contributed by atoms with Gasteiger partial charge in [-0.05, 0) is 78.0 Å². The summed E-state index contributed by atoms with van der Waals surface area (Å²) in [5.41, 5.74) is 4.57. The summed E-state index contributed by atoms with van der Waals surface area (Å²) in [7, 11) is 1.81. The van der Waals surface area contributed by atoms with Crippen LogP contribution in [0.2, 0.25) is 0 Å². The molecule has 0 saturated heterocycles. The minimum absolute atomic E-state index is 0.114. The van der Waals surface area contributed by atoms with Crippen molar-refractivity contribution in [1.29, 1.82) is 0 Å². The molecule has 2 heteroatoms. The fraction of sp³-hybridized carbons (Fsp3) is 0.714. The molecule has 0 aliphatic heterocycles. The molecule has 3 aliphatic rings. The van der Waals surface area contributed by atoms with Gasteiger partial charge in [0.05, 0.1) is 7.11 Å². The summed E-state index contributed by atoms with van der Waals surface area (Å²) in [5.74, 6) is 2.87. The van der Waals surface area contributed by atoms with Crippen LogP contribution in [0.1, 0.15) is 74.5 Å². The first kappa shape index (κ1) is 15.5. The van der Waals surface area contributed by atoms with E-state index in [2.05, 4.69) is 19.1 Å². The standard InChI is InChI=1S/C21H30O2/c1-21-9-5-3-4-6-15(19(21)13-22)10-16-11-17(14-7-8-14)20(23-2)12-18(16)21/h11-12,14-15,19,22H,3-10,13H2,1-2H3. The Balaban J connectivity index is 1.84. The topological polar surface area (TPSA) is 29.5 Å². The second kappa shape index (κ2) is 5.81. The number of ether oxygens (including phenoxy) is 1. The van der Waals surface area contributed by atoms with Crippen LogP contribution in [0.3, 0.4) is 0 Å². The molecule has 0 radical (unpaired) electrons. The second-order valence-electron chi connectivity index (χ2n) is 8.30. The molecule has 1 aromatic rings. The number of fused-ring (bicyclic) bond motifs is 4. The van der Waals surface area contributed by atoms with E-state index in [9.17, 15) is 5.11 Å². The van der Waals surface area contributed by atoms with Gasteiger partial charge in [0, 0.05) is 6.61 Å². The molecule has 0 aromatic heterocycles. The number of benzene rings is 1. The number of hydrogen-bond acceptors (Lipinski definition) is 2. The number of aliphatic hydroxyl groups is 1. The fourth-order valence-electron chi connectivity index (χ4n) is 5.43. The van der Waals surface area contributed by atoms with E-state index in [4.69, 9.17) is 4.74 Å². The Morgan fingerprint density at radius 1 is 1.17 bits per heavy atom. The third-order valence-electron chi connectivity index (χ3n) is 6.93. The Morgan fingerprint density at radius 2 is 2.00 bits per heavy atom. The van der Waals surface area contributed by atoms with Crippen molar-refractivity contribution in [3.63, 3.8) is 0 Å². The smallest absolute Gasteiger partial charge is 0.122 e. The Kier molecular flexibility index (Phi) is 3.91. The summed E-state index contributed by atoms with van der Waals surface area (Å²) in [6.45, 7) is 2.73. The van der Waals surface area contributed by atoms with Crippen molar-refractivity contribution < 1.29 is 9.84 Å². The van der Waals surface area contributed by atoms with Crippen molar-refractivity contribution >= 4 is 0 Å². The maximum atomic E-state index is 10.2. The minimum Gasteiger partial charge on any atom is -0.496 e. The third kappa shape index (κ3) is 2.50. The zero-order chi connectivity index (χ0) is 16.0. The molecule has 1 aromatic carbocycles. The number of methoxy groups -OCH3 is 1. The van der Waals surface area contributed by atoms with Gasteiger partial charge in [-0.2, -0.15) is 0 Å². The van der Waals surface area contributed by atoms with Crippen LogP contribution in [0, 0.1) is 11.8 Å². The van der Waals surface area contributed by atoms with Crippen molar-refractivity contribution in [2.45, 2.75) is 69.6 Å². The molecular formula is C21H30O2. The maximum Gasteiger partial charge on any atom is 0.122 e. The lowest BCUT2D eigenvalue weighted by Gasteiger charge is -2.48. The van der Waals surface area contributed by atoms with Gasteiger partial charge in [-0.3, -0.25) is 0 Å². The quantitative estimate of drug-likeness (QED) is 0.885. The second-order valence-corrected chi connectivity index (χ2v) is 8.30. The van der Waals surface area contributed by atoms with E-state index in [0.29, 0.717) is 18.4 Å². The number of aliphatic hydroxyl groups excluding tert-OH is 1. The molecule has 2 nitrogen and oxygen atoms in total. The average Bonchev–Trinajstić information content (AvgIpc) is 3.37. The number of rotatable bonds is 3. The summed E-state index contributed by atoms with van der Waals surface area (Å²) in [6.07, 6.45) is 10.2. The SMILES string of the molecule is COc1cc2c(cc1C1CC1)CC1CCCCCC2(C)C1CO. The molecule has 2 saturated carbocycles. The van der Waals surface area contributed by atoms with E-state index < -0.39 is 0 Å². The maximum absolute atomic E-state index is 10.2. The molecule has 0 amide bonds. The molecule has 126 valence electrons. The molecule has 0 heterocycles. The van der Waals surface area contributed by atoms with Crippen molar-refractivity contribution in [2.75, 3.05) is 13.7 Å². The highest BCUT2D eigenvalue weighted by atomic mass is 16.5. The first-order valence-electron chi connectivity index (χ1n) is 9.49. The van der Waals surface area contributed by atoms with Crippen LogP contribution in [0.15, 0.2) is 12.1 Å². The summed E-state index contributed by atoms with van der Waals surface area (Å²) in [5, 5.41) is 10.2. The Hall–Kier alpha value is -1.02. The summed E-state index contributed by atoms with van der Waals surface area (Å²) < 4.78 is 5.76. The van der Waals surface area contributed by atoms with E-state index in [-0.39, 0.29) is 5.41 Å². The highest BCUT2D eigenvalue weighted by Crippen LogP contribution is 2.53. The molecule has 1 N–H and O–H groups in total. The predicted molar refractivity (Wildman–Crippen MR) is 93.2 cm³/mol. The van der Waals surface area contributed by atoms with Crippen LogP contribution >= 0.6 is 0 Å². The lowest BCUT2D eigenvalue weighted by molar-refractivity contribution is 0.0701.